The summed E-state index contributed by atoms with van der Waals surface area (Å²) >= 11 is 1.75. The summed E-state index contributed by atoms with van der Waals surface area (Å²) in [6, 6.07) is 10.3. The molecule has 4 heterocycles. The van der Waals surface area contributed by atoms with Crippen LogP contribution in [-0.4, -0.2) is 19.7 Å². The van der Waals surface area contributed by atoms with Gasteiger partial charge in [0.1, 0.15) is 0 Å². The van der Waals surface area contributed by atoms with E-state index >= 15 is 0 Å². The summed E-state index contributed by atoms with van der Waals surface area (Å²) in [5.74, 6) is 0. The standard InChI is InChI=1S/C17H14N4S/c1-12-7-17(22-11-12)13-8-16-15(18-9-13)4-6-21(16)10-14-3-2-5-19-20-14/h2-9,11H,10H2,1H3. The van der Waals surface area contributed by atoms with Crippen molar-refractivity contribution in [3.05, 3.63) is 65.6 Å². The molecule has 0 spiro atoms. The zero-order valence-electron chi connectivity index (χ0n) is 12.1. The molecule has 0 aliphatic rings. The van der Waals surface area contributed by atoms with Gasteiger partial charge in [0.15, 0.2) is 0 Å². The van der Waals surface area contributed by atoms with Crippen LogP contribution in [0.5, 0.6) is 0 Å². The average Bonchev–Trinajstić information content (AvgIpc) is 3.15. The molecule has 0 aliphatic carbocycles. The van der Waals surface area contributed by atoms with Gasteiger partial charge in [-0.25, -0.2) is 0 Å². The van der Waals surface area contributed by atoms with E-state index in [1.807, 2.05) is 24.4 Å². The summed E-state index contributed by atoms with van der Waals surface area (Å²) in [4.78, 5) is 5.83. The second kappa shape index (κ2) is 5.35. The van der Waals surface area contributed by atoms with Crippen LogP contribution in [0.3, 0.4) is 0 Å². The summed E-state index contributed by atoms with van der Waals surface area (Å²) in [5.41, 5.74) is 5.51. The van der Waals surface area contributed by atoms with Crippen molar-refractivity contribution >= 4 is 22.4 Å². The topological polar surface area (TPSA) is 43.6 Å². The van der Waals surface area contributed by atoms with Crippen molar-refractivity contribution in [1.82, 2.24) is 19.7 Å². The van der Waals surface area contributed by atoms with Crippen LogP contribution < -0.4 is 0 Å². The summed E-state index contributed by atoms with van der Waals surface area (Å²) in [6.07, 6.45) is 5.69. The van der Waals surface area contributed by atoms with Gasteiger partial charge in [-0.2, -0.15) is 10.2 Å². The summed E-state index contributed by atoms with van der Waals surface area (Å²) < 4.78 is 2.16. The predicted octanol–water partition coefficient (Wildman–Crippen LogP) is 3.91. The molecule has 0 N–H and O–H groups in total. The number of hydrogen-bond acceptors (Lipinski definition) is 4. The summed E-state index contributed by atoms with van der Waals surface area (Å²) in [5, 5.41) is 10.3. The minimum Gasteiger partial charge on any atom is -0.340 e. The third kappa shape index (κ3) is 2.40. The van der Waals surface area contributed by atoms with E-state index in [0.717, 1.165) is 22.3 Å². The smallest absolute Gasteiger partial charge is 0.0881 e. The van der Waals surface area contributed by atoms with E-state index in [2.05, 4.69) is 50.4 Å². The van der Waals surface area contributed by atoms with E-state index in [1.54, 1.807) is 17.5 Å². The first-order chi connectivity index (χ1) is 10.8. The Labute approximate surface area is 132 Å². The van der Waals surface area contributed by atoms with Crippen LogP contribution in [0.2, 0.25) is 0 Å². The van der Waals surface area contributed by atoms with Gasteiger partial charge in [-0.05, 0) is 48.2 Å². The lowest BCUT2D eigenvalue weighted by atomic mass is 10.2. The molecule has 0 saturated carbocycles. The first-order valence-electron chi connectivity index (χ1n) is 7.06. The molecule has 0 unspecified atom stereocenters. The first kappa shape index (κ1) is 13.2. The predicted molar refractivity (Wildman–Crippen MR) is 88.9 cm³/mol. The molecule has 0 atom stereocenters. The fourth-order valence-electron chi connectivity index (χ4n) is 2.51. The number of aromatic nitrogens is 4. The minimum absolute atomic E-state index is 0.700. The Morgan fingerprint density at radius 1 is 1.23 bits per heavy atom. The Kier molecular flexibility index (Phi) is 3.20. The third-order valence-electron chi connectivity index (χ3n) is 3.59. The van der Waals surface area contributed by atoms with Crippen LogP contribution in [0, 0.1) is 6.92 Å². The van der Waals surface area contributed by atoms with E-state index in [0.29, 0.717) is 6.54 Å². The maximum absolute atomic E-state index is 4.58. The Morgan fingerprint density at radius 3 is 2.95 bits per heavy atom. The number of thiophene rings is 1. The van der Waals surface area contributed by atoms with Crippen molar-refractivity contribution in [2.45, 2.75) is 13.5 Å². The molecule has 4 rings (SSSR count). The van der Waals surface area contributed by atoms with Gasteiger partial charge in [-0.3, -0.25) is 4.98 Å². The Bertz CT molecular complexity index is 924. The molecule has 0 aliphatic heterocycles. The third-order valence-corrected chi connectivity index (χ3v) is 4.69. The zero-order valence-corrected chi connectivity index (χ0v) is 12.9. The van der Waals surface area contributed by atoms with E-state index < -0.39 is 0 Å². The second-order valence-electron chi connectivity index (χ2n) is 5.28. The van der Waals surface area contributed by atoms with Crippen molar-refractivity contribution in [1.29, 1.82) is 0 Å². The average molecular weight is 306 g/mol. The molecule has 0 radical (unpaired) electrons. The van der Waals surface area contributed by atoms with Crippen molar-refractivity contribution in [3.8, 4) is 10.4 Å². The Hall–Kier alpha value is -2.53. The summed E-state index contributed by atoms with van der Waals surface area (Å²) in [6.45, 7) is 2.81. The van der Waals surface area contributed by atoms with E-state index in [4.69, 9.17) is 0 Å². The molecule has 4 aromatic heterocycles. The van der Waals surface area contributed by atoms with E-state index in [1.165, 1.54) is 10.4 Å². The highest BCUT2D eigenvalue weighted by Gasteiger charge is 2.07. The monoisotopic (exact) mass is 306 g/mol. The molecule has 5 heteroatoms. The highest BCUT2D eigenvalue weighted by Crippen LogP contribution is 2.29. The number of nitrogens with zero attached hydrogens (tertiary/aromatic N) is 4. The van der Waals surface area contributed by atoms with Crippen LogP contribution in [0.4, 0.5) is 0 Å². The van der Waals surface area contributed by atoms with Gasteiger partial charge in [-0.15, -0.1) is 11.3 Å². The molecular formula is C17H14N4S. The normalized spacial score (nSPS) is 11.1. The molecule has 0 amide bonds. The fourth-order valence-corrected chi connectivity index (χ4v) is 3.39. The molecule has 4 nitrogen and oxygen atoms in total. The van der Waals surface area contributed by atoms with Gasteiger partial charge in [0.25, 0.3) is 0 Å². The van der Waals surface area contributed by atoms with Crippen LogP contribution in [0.15, 0.2) is 54.3 Å². The van der Waals surface area contributed by atoms with Crippen LogP contribution in [-0.2, 0) is 6.54 Å². The minimum atomic E-state index is 0.700. The highest BCUT2D eigenvalue weighted by atomic mass is 32.1. The number of aryl methyl sites for hydroxylation is 1. The fraction of sp³-hybridized carbons (Fsp3) is 0.118. The zero-order chi connectivity index (χ0) is 14.9. The number of hydrogen-bond donors (Lipinski definition) is 0. The van der Waals surface area contributed by atoms with Gasteiger partial charge in [0, 0.05) is 29.0 Å². The molecule has 4 aromatic rings. The molecule has 0 aromatic carbocycles. The SMILES string of the molecule is Cc1csc(-c2cnc3ccn(Cc4cccnn4)c3c2)c1. The molecule has 0 fully saturated rings. The highest BCUT2D eigenvalue weighted by molar-refractivity contribution is 7.13. The molecule has 22 heavy (non-hydrogen) atoms. The second-order valence-corrected chi connectivity index (χ2v) is 6.19. The molecule has 0 bridgehead atoms. The van der Waals surface area contributed by atoms with E-state index in [9.17, 15) is 0 Å². The number of rotatable bonds is 3. The van der Waals surface area contributed by atoms with Gasteiger partial charge in [0.05, 0.1) is 23.3 Å². The van der Waals surface area contributed by atoms with Crippen LogP contribution >= 0.6 is 11.3 Å². The maximum atomic E-state index is 4.58. The first-order valence-corrected chi connectivity index (χ1v) is 7.94. The lowest BCUT2D eigenvalue weighted by Gasteiger charge is -2.05. The molecule has 0 saturated heterocycles. The lowest BCUT2D eigenvalue weighted by molar-refractivity contribution is 0.780. The van der Waals surface area contributed by atoms with Crippen molar-refractivity contribution in [3.63, 3.8) is 0 Å². The van der Waals surface area contributed by atoms with Gasteiger partial charge in [0.2, 0.25) is 0 Å². The van der Waals surface area contributed by atoms with Crippen molar-refractivity contribution in [2.75, 3.05) is 0 Å². The van der Waals surface area contributed by atoms with Gasteiger partial charge < -0.3 is 4.57 Å². The Balaban J connectivity index is 1.76. The van der Waals surface area contributed by atoms with Gasteiger partial charge >= 0.3 is 0 Å². The largest absolute Gasteiger partial charge is 0.340 e. The van der Waals surface area contributed by atoms with Gasteiger partial charge in [-0.1, -0.05) is 0 Å². The van der Waals surface area contributed by atoms with Crippen molar-refractivity contribution < 1.29 is 0 Å². The maximum Gasteiger partial charge on any atom is 0.0881 e. The molecular weight excluding hydrogens is 292 g/mol. The van der Waals surface area contributed by atoms with Crippen LogP contribution in [0.25, 0.3) is 21.5 Å². The van der Waals surface area contributed by atoms with Crippen LogP contribution in [0.1, 0.15) is 11.3 Å². The lowest BCUT2D eigenvalue weighted by Crippen LogP contribution is -2.01. The quantitative estimate of drug-likeness (QED) is 0.576. The number of fused-ring (bicyclic) bond motifs is 1. The van der Waals surface area contributed by atoms with Crippen molar-refractivity contribution in [2.24, 2.45) is 0 Å². The summed E-state index contributed by atoms with van der Waals surface area (Å²) in [7, 11) is 0. The van der Waals surface area contributed by atoms with E-state index in [-0.39, 0.29) is 0 Å². The number of pyridine rings is 1. The Morgan fingerprint density at radius 2 is 2.18 bits per heavy atom. The molecule has 108 valence electrons.